The van der Waals surface area contributed by atoms with Gasteiger partial charge in [-0.3, -0.25) is 4.79 Å². The average molecular weight is 351 g/mol. The van der Waals surface area contributed by atoms with E-state index < -0.39 is 35.2 Å². The quantitative estimate of drug-likeness (QED) is 0.838. The van der Waals surface area contributed by atoms with Crippen molar-refractivity contribution in [2.45, 2.75) is 33.2 Å². The number of hydrogen-bond donors (Lipinski definition) is 2. The first-order chi connectivity index (χ1) is 11.7. The van der Waals surface area contributed by atoms with Crippen molar-refractivity contribution in [3.8, 4) is 5.69 Å². The molecule has 8 heteroatoms. The Bertz CT molecular complexity index is 782. The Kier molecular flexibility index (Phi) is 5.51. The number of amides is 1. The number of hydrogen-bond acceptors (Lipinski definition) is 3. The predicted octanol–water partition coefficient (Wildman–Crippen LogP) is 2.69. The Balaban J connectivity index is 2.30. The third-order valence-corrected chi connectivity index (χ3v) is 3.59. The van der Waals surface area contributed by atoms with Crippen molar-refractivity contribution < 1.29 is 23.5 Å². The van der Waals surface area contributed by atoms with E-state index in [2.05, 4.69) is 10.4 Å². The van der Waals surface area contributed by atoms with E-state index in [1.807, 2.05) is 13.8 Å². The number of rotatable bonds is 6. The molecule has 134 valence electrons. The number of carboxylic acids is 1. The second-order valence-electron chi connectivity index (χ2n) is 6.17. The first kappa shape index (κ1) is 18.6. The fourth-order valence-corrected chi connectivity index (χ4v) is 2.43. The van der Waals surface area contributed by atoms with Crippen molar-refractivity contribution in [1.29, 1.82) is 0 Å². The van der Waals surface area contributed by atoms with Gasteiger partial charge in [0.2, 0.25) is 0 Å². The van der Waals surface area contributed by atoms with Gasteiger partial charge in [-0.15, -0.1) is 0 Å². The number of benzene rings is 1. The lowest BCUT2D eigenvalue weighted by Crippen LogP contribution is -2.42. The SMILES string of the molecule is Cc1cn(-c2c(F)cccc2F)nc1C(=O)N[C@@H](CC(C)C)C(=O)O. The van der Waals surface area contributed by atoms with E-state index in [-0.39, 0.29) is 18.0 Å². The number of aromatic nitrogens is 2. The summed E-state index contributed by atoms with van der Waals surface area (Å²) in [7, 11) is 0. The number of carbonyl (C=O) groups is 2. The van der Waals surface area contributed by atoms with Crippen LogP contribution >= 0.6 is 0 Å². The van der Waals surface area contributed by atoms with Crippen LogP contribution < -0.4 is 5.32 Å². The van der Waals surface area contributed by atoms with Gasteiger partial charge in [-0.05, 0) is 31.4 Å². The van der Waals surface area contributed by atoms with Crippen molar-refractivity contribution in [2.24, 2.45) is 5.92 Å². The van der Waals surface area contributed by atoms with Crippen molar-refractivity contribution in [3.05, 3.63) is 47.3 Å². The first-order valence-electron chi connectivity index (χ1n) is 7.75. The normalized spacial score (nSPS) is 12.2. The third-order valence-electron chi connectivity index (χ3n) is 3.59. The number of nitrogens with one attached hydrogen (secondary N) is 1. The van der Waals surface area contributed by atoms with E-state index in [1.165, 1.54) is 12.3 Å². The zero-order valence-electron chi connectivity index (χ0n) is 14.1. The Hall–Kier alpha value is -2.77. The Labute approximate surface area is 143 Å². The van der Waals surface area contributed by atoms with E-state index in [0.717, 1.165) is 16.8 Å². The minimum Gasteiger partial charge on any atom is -0.480 e. The second-order valence-corrected chi connectivity index (χ2v) is 6.17. The number of halogens is 2. The highest BCUT2D eigenvalue weighted by Gasteiger charge is 2.25. The number of nitrogens with zero attached hydrogens (tertiary/aromatic N) is 2. The maximum absolute atomic E-state index is 13.9. The fraction of sp³-hybridized carbons (Fsp3) is 0.353. The molecule has 2 aromatic rings. The molecule has 0 fully saturated rings. The summed E-state index contributed by atoms with van der Waals surface area (Å²) < 4.78 is 28.7. The second kappa shape index (κ2) is 7.42. The molecule has 1 atom stereocenters. The van der Waals surface area contributed by atoms with Crippen LogP contribution in [0.5, 0.6) is 0 Å². The highest BCUT2D eigenvalue weighted by molar-refractivity contribution is 5.96. The maximum Gasteiger partial charge on any atom is 0.326 e. The standard InChI is InChI=1S/C17H19F2N3O3/c1-9(2)7-13(17(24)25)20-16(23)14-10(3)8-22(21-14)15-11(18)5-4-6-12(15)19/h4-6,8-9,13H,7H2,1-3H3,(H,20,23)(H,24,25)/t13-/m0/s1. The van der Waals surface area contributed by atoms with Gasteiger partial charge < -0.3 is 10.4 Å². The van der Waals surface area contributed by atoms with Gasteiger partial charge in [0.05, 0.1) is 0 Å². The molecule has 0 aliphatic rings. The van der Waals surface area contributed by atoms with Gasteiger partial charge in [-0.2, -0.15) is 5.10 Å². The van der Waals surface area contributed by atoms with E-state index in [0.29, 0.717) is 5.56 Å². The van der Waals surface area contributed by atoms with E-state index in [1.54, 1.807) is 6.92 Å². The lowest BCUT2D eigenvalue weighted by atomic mass is 10.0. The molecule has 2 N–H and O–H groups in total. The number of aryl methyl sites for hydroxylation is 1. The van der Waals surface area contributed by atoms with Crippen LogP contribution in [0.2, 0.25) is 0 Å². The van der Waals surface area contributed by atoms with Crippen molar-refractivity contribution in [2.75, 3.05) is 0 Å². The van der Waals surface area contributed by atoms with Crippen LogP contribution in [0.4, 0.5) is 8.78 Å². The Morgan fingerprint density at radius 2 is 1.88 bits per heavy atom. The van der Waals surface area contributed by atoms with Gasteiger partial charge >= 0.3 is 5.97 Å². The van der Waals surface area contributed by atoms with E-state index >= 15 is 0 Å². The molecule has 0 bridgehead atoms. The lowest BCUT2D eigenvalue weighted by molar-refractivity contribution is -0.139. The third kappa shape index (κ3) is 4.20. The molecule has 2 rings (SSSR count). The van der Waals surface area contributed by atoms with E-state index in [9.17, 15) is 23.5 Å². The monoisotopic (exact) mass is 351 g/mol. The number of aliphatic carboxylic acids is 1. The predicted molar refractivity (Wildman–Crippen MR) is 86.6 cm³/mol. The molecule has 6 nitrogen and oxygen atoms in total. The molecule has 0 aliphatic heterocycles. The molecular formula is C17H19F2N3O3. The van der Waals surface area contributed by atoms with Gasteiger partial charge in [0.1, 0.15) is 11.7 Å². The molecule has 1 amide bonds. The first-order valence-corrected chi connectivity index (χ1v) is 7.75. The van der Waals surface area contributed by atoms with Crippen LogP contribution in [0.25, 0.3) is 5.69 Å². The van der Waals surface area contributed by atoms with Crippen LogP contribution in [0, 0.1) is 24.5 Å². The van der Waals surface area contributed by atoms with Gasteiger partial charge in [-0.25, -0.2) is 18.3 Å². The molecule has 0 spiro atoms. The fourth-order valence-electron chi connectivity index (χ4n) is 2.43. The molecule has 0 saturated heterocycles. The highest BCUT2D eigenvalue weighted by atomic mass is 19.1. The molecule has 0 radical (unpaired) electrons. The molecule has 1 aromatic carbocycles. The summed E-state index contributed by atoms with van der Waals surface area (Å²) in [4.78, 5) is 23.6. The summed E-state index contributed by atoms with van der Waals surface area (Å²) in [5, 5.41) is 15.5. The van der Waals surface area contributed by atoms with Crippen LogP contribution in [0.3, 0.4) is 0 Å². The van der Waals surface area contributed by atoms with Gasteiger partial charge in [0, 0.05) is 11.8 Å². The molecule has 25 heavy (non-hydrogen) atoms. The van der Waals surface area contributed by atoms with E-state index in [4.69, 9.17) is 0 Å². The van der Waals surface area contributed by atoms with Crippen LogP contribution in [0.1, 0.15) is 36.3 Å². The largest absolute Gasteiger partial charge is 0.480 e. The Morgan fingerprint density at radius 1 is 1.28 bits per heavy atom. The minimum atomic E-state index is -1.15. The minimum absolute atomic E-state index is 0.0626. The molecular weight excluding hydrogens is 332 g/mol. The van der Waals surface area contributed by atoms with Crippen molar-refractivity contribution >= 4 is 11.9 Å². The molecule has 1 aromatic heterocycles. The zero-order chi connectivity index (χ0) is 18.7. The summed E-state index contributed by atoms with van der Waals surface area (Å²) in [6.45, 7) is 5.22. The van der Waals surface area contributed by atoms with Crippen molar-refractivity contribution in [3.63, 3.8) is 0 Å². The van der Waals surface area contributed by atoms with Crippen molar-refractivity contribution in [1.82, 2.24) is 15.1 Å². The number of para-hydroxylation sites is 1. The lowest BCUT2D eigenvalue weighted by Gasteiger charge is -2.15. The summed E-state index contributed by atoms with van der Waals surface area (Å²) in [6, 6.07) is 2.32. The van der Waals surface area contributed by atoms with Crippen LogP contribution in [-0.4, -0.2) is 32.8 Å². The summed E-state index contributed by atoms with van der Waals surface area (Å²) in [6.07, 6.45) is 1.57. The summed E-state index contributed by atoms with van der Waals surface area (Å²) in [5.74, 6) is -3.44. The molecule has 1 heterocycles. The van der Waals surface area contributed by atoms with Gasteiger partial charge in [0.25, 0.3) is 5.91 Å². The van der Waals surface area contributed by atoms with Crippen LogP contribution in [-0.2, 0) is 4.79 Å². The number of carbonyl (C=O) groups excluding carboxylic acids is 1. The molecule has 0 saturated carbocycles. The number of carboxylic acid groups (broad SMARTS) is 1. The highest BCUT2D eigenvalue weighted by Crippen LogP contribution is 2.19. The topological polar surface area (TPSA) is 84.2 Å². The zero-order valence-corrected chi connectivity index (χ0v) is 14.1. The Morgan fingerprint density at radius 3 is 2.40 bits per heavy atom. The smallest absolute Gasteiger partial charge is 0.326 e. The average Bonchev–Trinajstić information content (AvgIpc) is 2.87. The van der Waals surface area contributed by atoms with Gasteiger partial charge in [0.15, 0.2) is 17.3 Å². The summed E-state index contributed by atoms with van der Waals surface area (Å²) in [5.41, 5.74) is -0.117. The molecule has 0 unspecified atom stereocenters. The summed E-state index contributed by atoms with van der Waals surface area (Å²) >= 11 is 0. The van der Waals surface area contributed by atoms with Gasteiger partial charge in [-0.1, -0.05) is 19.9 Å². The van der Waals surface area contributed by atoms with Crippen LogP contribution in [0.15, 0.2) is 24.4 Å². The maximum atomic E-state index is 13.9. The molecule has 0 aliphatic carbocycles.